The van der Waals surface area contributed by atoms with Crippen molar-refractivity contribution in [1.29, 1.82) is 0 Å². The molecule has 0 bridgehead atoms. The van der Waals surface area contributed by atoms with Crippen molar-refractivity contribution in [3.05, 3.63) is 46.8 Å². The molecule has 0 amide bonds. The van der Waals surface area contributed by atoms with Gasteiger partial charge < -0.3 is 19.9 Å². The topological polar surface area (TPSA) is 83.1 Å². The molecule has 0 saturated carbocycles. The van der Waals surface area contributed by atoms with Crippen LogP contribution >= 0.6 is 0 Å². The number of aromatic nitrogens is 3. The Kier molecular flexibility index (Phi) is 5.25. The number of hydrogen-bond donors (Lipinski definition) is 2. The van der Waals surface area contributed by atoms with Crippen LogP contribution < -0.4 is 20.4 Å². The molecule has 1 saturated heterocycles. The van der Waals surface area contributed by atoms with E-state index in [1.54, 1.807) is 19.4 Å². The molecule has 164 valence electrons. The molecule has 3 aromatic rings. The third-order valence-electron chi connectivity index (χ3n) is 6.08. The smallest absolute Gasteiger partial charge is 0.189 e. The number of rotatable bonds is 4. The molecule has 31 heavy (non-hydrogen) atoms. The summed E-state index contributed by atoms with van der Waals surface area (Å²) in [5.41, 5.74) is 2.31. The molecule has 3 heterocycles. The van der Waals surface area contributed by atoms with Gasteiger partial charge in [0.25, 0.3) is 0 Å². The van der Waals surface area contributed by atoms with Gasteiger partial charge in [-0.15, -0.1) is 10.2 Å². The van der Waals surface area contributed by atoms with Crippen LogP contribution in [0.1, 0.15) is 40.5 Å². The minimum absolute atomic E-state index is 0.0468. The fourth-order valence-electron chi connectivity index (χ4n) is 4.96. The number of ether oxygens (including phenoxy) is 1. The van der Waals surface area contributed by atoms with Gasteiger partial charge in [0.1, 0.15) is 5.75 Å². The Bertz CT molecular complexity index is 1130. The number of methoxy groups -OCH3 is 1. The van der Waals surface area contributed by atoms with E-state index < -0.39 is 0 Å². The molecular weight excluding hydrogens is 390 g/mol. The van der Waals surface area contributed by atoms with E-state index in [-0.39, 0.29) is 16.5 Å². The van der Waals surface area contributed by atoms with E-state index >= 15 is 0 Å². The molecule has 4 rings (SSSR count). The van der Waals surface area contributed by atoms with Crippen LogP contribution in [-0.2, 0) is 0 Å². The summed E-state index contributed by atoms with van der Waals surface area (Å²) < 4.78 is 5.54. The minimum atomic E-state index is -0.0468. The molecule has 0 radical (unpaired) electrons. The fourth-order valence-corrected chi connectivity index (χ4v) is 4.96. The van der Waals surface area contributed by atoms with Crippen LogP contribution in [0.3, 0.4) is 0 Å². The Labute approximate surface area is 182 Å². The Morgan fingerprint density at radius 1 is 1.06 bits per heavy atom. The monoisotopic (exact) mass is 421 g/mol. The largest absolute Gasteiger partial charge is 0.496 e. The van der Waals surface area contributed by atoms with Gasteiger partial charge >= 0.3 is 0 Å². The van der Waals surface area contributed by atoms with Crippen molar-refractivity contribution in [2.75, 3.05) is 19.1 Å². The molecule has 0 atom stereocenters. The van der Waals surface area contributed by atoms with Crippen LogP contribution in [0.15, 0.2) is 41.3 Å². The standard InChI is InChI=1S/C24H31N5O2/c1-23(2)13-15(14-24(3,4)28-23)29(5)22-8-7-18(26-27-22)17-11-19-16(12-21(17)31-6)20(30)9-10-25-19/h7-12,15,28H,13-14H2,1-6H3,(H,25,30). The zero-order chi connectivity index (χ0) is 22.4. The number of pyridine rings is 1. The van der Waals surface area contributed by atoms with Crippen LogP contribution in [0.4, 0.5) is 5.82 Å². The Hall–Kier alpha value is -2.93. The Morgan fingerprint density at radius 2 is 1.77 bits per heavy atom. The van der Waals surface area contributed by atoms with Crippen molar-refractivity contribution in [3.8, 4) is 17.0 Å². The SMILES string of the molecule is COc1cc2c(=O)cc[nH]c2cc1-c1ccc(N(C)C2CC(C)(C)NC(C)(C)C2)nn1. The second kappa shape index (κ2) is 7.64. The van der Waals surface area contributed by atoms with Gasteiger partial charge in [-0.2, -0.15) is 0 Å². The van der Waals surface area contributed by atoms with Crippen molar-refractivity contribution in [3.63, 3.8) is 0 Å². The van der Waals surface area contributed by atoms with Crippen molar-refractivity contribution in [1.82, 2.24) is 20.5 Å². The summed E-state index contributed by atoms with van der Waals surface area (Å²) in [7, 11) is 3.69. The maximum atomic E-state index is 12.1. The van der Waals surface area contributed by atoms with Gasteiger partial charge in [0, 0.05) is 47.4 Å². The van der Waals surface area contributed by atoms with Gasteiger partial charge in [-0.3, -0.25) is 4.79 Å². The molecular formula is C24H31N5O2. The molecule has 1 fully saturated rings. The number of fused-ring (bicyclic) bond motifs is 1. The van der Waals surface area contributed by atoms with Crippen LogP contribution in [0.2, 0.25) is 0 Å². The predicted octanol–water partition coefficient (Wildman–Crippen LogP) is 3.74. The van der Waals surface area contributed by atoms with Crippen molar-refractivity contribution in [2.45, 2.75) is 57.7 Å². The van der Waals surface area contributed by atoms with Gasteiger partial charge in [-0.25, -0.2) is 0 Å². The quantitative estimate of drug-likeness (QED) is 0.668. The average Bonchev–Trinajstić information content (AvgIpc) is 2.70. The second-order valence-electron chi connectivity index (χ2n) is 9.78. The van der Waals surface area contributed by atoms with Gasteiger partial charge in [0.2, 0.25) is 0 Å². The van der Waals surface area contributed by atoms with Gasteiger partial charge in [-0.05, 0) is 64.8 Å². The molecule has 2 N–H and O–H groups in total. The normalized spacial score (nSPS) is 18.1. The number of aromatic amines is 1. The molecule has 0 unspecified atom stereocenters. The first kappa shape index (κ1) is 21.3. The van der Waals surface area contributed by atoms with Crippen LogP contribution in [0, 0.1) is 0 Å². The Morgan fingerprint density at radius 3 is 2.39 bits per heavy atom. The summed E-state index contributed by atoms with van der Waals surface area (Å²) in [5.74, 6) is 1.44. The van der Waals surface area contributed by atoms with Gasteiger partial charge in [-0.1, -0.05) is 0 Å². The maximum absolute atomic E-state index is 12.1. The summed E-state index contributed by atoms with van der Waals surface area (Å²) in [6, 6.07) is 9.48. The van der Waals surface area contributed by atoms with Crippen LogP contribution in [0.25, 0.3) is 22.2 Å². The number of H-pyrrole nitrogens is 1. The lowest BCUT2D eigenvalue weighted by atomic mass is 9.79. The van der Waals surface area contributed by atoms with E-state index in [4.69, 9.17) is 4.74 Å². The highest BCUT2D eigenvalue weighted by Crippen LogP contribution is 2.34. The predicted molar refractivity (Wildman–Crippen MR) is 125 cm³/mol. The summed E-state index contributed by atoms with van der Waals surface area (Å²) in [4.78, 5) is 17.5. The molecule has 1 aromatic carbocycles. The van der Waals surface area contributed by atoms with E-state index in [2.05, 4.69) is 60.1 Å². The lowest BCUT2D eigenvalue weighted by molar-refractivity contribution is 0.160. The van der Waals surface area contributed by atoms with E-state index in [9.17, 15) is 4.79 Å². The number of piperidine rings is 1. The van der Waals surface area contributed by atoms with Gasteiger partial charge in [0.05, 0.1) is 18.3 Å². The summed E-state index contributed by atoms with van der Waals surface area (Å²) in [6.45, 7) is 9.00. The molecule has 1 aliphatic heterocycles. The first-order valence-corrected chi connectivity index (χ1v) is 10.6. The summed E-state index contributed by atoms with van der Waals surface area (Å²) >= 11 is 0. The first-order valence-electron chi connectivity index (χ1n) is 10.6. The van der Waals surface area contributed by atoms with Crippen molar-refractivity contribution < 1.29 is 4.74 Å². The van der Waals surface area contributed by atoms with Gasteiger partial charge in [0.15, 0.2) is 11.2 Å². The minimum Gasteiger partial charge on any atom is -0.496 e. The van der Waals surface area contributed by atoms with E-state index in [1.807, 2.05) is 18.2 Å². The summed E-state index contributed by atoms with van der Waals surface area (Å²) in [5, 5.41) is 13.3. The molecule has 7 heteroatoms. The number of benzene rings is 1. The highest BCUT2D eigenvalue weighted by molar-refractivity contribution is 5.87. The lowest BCUT2D eigenvalue weighted by Crippen LogP contribution is -2.62. The van der Waals surface area contributed by atoms with Crippen LogP contribution in [-0.4, -0.2) is 46.5 Å². The highest BCUT2D eigenvalue weighted by Gasteiger charge is 2.39. The van der Waals surface area contributed by atoms with Crippen molar-refractivity contribution in [2.24, 2.45) is 0 Å². The third kappa shape index (κ3) is 4.28. The number of nitrogens with one attached hydrogen (secondary N) is 2. The average molecular weight is 422 g/mol. The van der Waals surface area contributed by atoms with E-state index in [0.29, 0.717) is 22.9 Å². The number of anilines is 1. The highest BCUT2D eigenvalue weighted by atomic mass is 16.5. The lowest BCUT2D eigenvalue weighted by Gasteiger charge is -2.49. The maximum Gasteiger partial charge on any atom is 0.189 e. The zero-order valence-corrected chi connectivity index (χ0v) is 19.1. The first-order chi connectivity index (χ1) is 14.6. The molecule has 7 nitrogen and oxygen atoms in total. The van der Waals surface area contributed by atoms with Crippen LogP contribution in [0.5, 0.6) is 5.75 Å². The summed E-state index contributed by atoms with van der Waals surface area (Å²) in [6.07, 6.45) is 3.71. The van der Waals surface area contributed by atoms with Crippen molar-refractivity contribution >= 4 is 16.7 Å². The molecule has 0 aliphatic carbocycles. The number of nitrogens with zero attached hydrogens (tertiary/aromatic N) is 3. The molecule has 1 aliphatic rings. The van der Waals surface area contributed by atoms with E-state index in [1.165, 1.54) is 6.07 Å². The molecule has 2 aromatic heterocycles. The fraction of sp³-hybridized carbons (Fsp3) is 0.458. The zero-order valence-electron chi connectivity index (χ0n) is 19.1. The van der Waals surface area contributed by atoms with E-state index in [0.717, 1.165) is 29.7 Å². The second-order valence-corrected chi connectivity index (χ2v) is 9.78. The number of hydrogen-bond acceptors (Lipinski definition) is 6. The Balaban J connectivity index is 1.65. The third-order valence-corrected chi connectivity index (χ3v) is 6.08. The molecule has 0 spiro atoms.